The minimum absolute atomic E-state index is 0.0969. The maximum atomic E-state index is 11.8. The van der Waals surface area contributed by atoms with Crippen molar-refractivity contribution in [2.45, 2.75) is 52.1 Å². The lowest BCUT2D eigenvalue weighted by Gasteiger charge is -2.45. The minimum atomic E-state index is 0.0969. The summed E-state index contributed by atoms with van der Waals surface area (Å²) in [6.07, 6.45) is 2.52. The van der Waals surface area contributed by atoms with Crippen LogP contribution >= 0.6 is 0 Å². The Balaban J connectivity index is 1.75. The zero-order chi connectivity index (χ0) is 15.5. The molecule has 5 heteroatoms. The van der Waals surface area contributed by atoms with Gasteiger partial charge in [-0.05, 0) is 40.5 Å². The van der Waals surface area contributed by atoms with Crippen molar-refractivity contribution in [3.05, 3.63) is 0 Å². The Hall–Kier alpha value is -0.810. The first-order chi connectivity index (χ1) is 9.91. The van der Waals surface area contributed by atoms with E-state index >= 15 is 0 Å². The molecule has 2 aliphatic rings. The number of urea groups is 1. The monoisotopic (exact) mass is 296 g/mol. The van der Waals surface area contributed by atoms with Gasteiger partial charge in [0.15, 0.2) is 0 Å². The highest BCUT2D eigenvalue weighted by atomic mass is 16.2. The number of piperazine rings is 1. The highest BCUT2D eigenvalue weighted by Gasteiger charge is 2.31. The zero-order valence-electron chi connectivity index (χ0n) is 14.2. The van der Waals surface area contributed by atoms with Crippen molar-refractivity contribution in [3.63, 3.8) is 0 Å². The predicted octanol–water partition coefficient (Wildman–Crippen LogP) is 1.60. The Bertz CT molecular complexity index is 337. The second kappa shape index (κ2) is 6.97. The third-order valence-corrected chi connectivity index (χ3v) is 4.86. The van der Waals surface area contributed by atoms with Gasteiger partial charge in [0.05, 0.1) is 0 Å². The number of nitrogens with one attached hydrogen (secondary N) is 1. The van der Waals surface area contributed by atoms with Gasteiger partial charge in [-0.15, -0.1) is 0 Å². The van der Waals surface area contributed by atoms with E-state index in [1.165, 1.54) is 25.9 Å². The minimum Gasteiger partial charge on any atom is -0.338 e. The fourth-order valence-corrected chi connectivity index (χ4v) is 3.46. The average molecular weight is 296 g/mol. The normalized spacial score (nSPS) is 23.3. The van der Waals surface area contributed by atoms with Gasteiger partial charge in [-0.2, -0.15) is 0 Å². The van der Waals surface area contributed by atoms with E-state index in [4.69, 9.17) is 0 Å². The van der Waals surface area contributed by atoms with Crippen LogP contribution in [-0.4, -0.2) is 78.1 Å². The fourth-order valence-electron chi connectivity index (χ4n) is 3.46. The molecule has 0 spiro atoms. The summed E-state index contributed by atoms with van der Waals surface area (Å²) in [5, 5.41) is 2.89. The van der Waals surface area contributed by atoms with E-state index in [1.54, 1.807) is 0 Å². The van der Waals surface area contributed by atoms with Gasteiger partial charge in [0.2, 0.25) is 0 Å². The zero-order valence-corrected chi connectivity index (χ0v) is 14.2. The molecule has 2 heterocycles. The maximum Gasteiger partial charge on any atom is 0.317 e. The summed E-state index contributed by atoms with van der Waals surface area (Å²) >= 11 is 0. The number of piperidine rings is 1. The van der Waals surface area contributed by atoms with Crippen molar-refractivity contribution in [3.8, 4) is 0 Å². The van der Waals surface area contributed by atoms with Crippen molar-refractivity contribution in [1.82, 2.24) is 20.0 Å². The quantitative estimate of drug-likeness (QED) is 0.841. The maximum absolute atomic E-state index is 11.8. The SMILES string of the molecule is CCNC(=O)N1CCN(C2CCN(C(C)(C)C)CC2)CC1. The first-order valence-electron chi connectivity index (χ1n) is 8.43. The number of amides is 2. The standard InChI is InChI=1S/C16H32N4O/c1-5-17-15(21)19-12-10-18(11-13-19)14-6-8-20(9-7-14)16(2,3)4/h14H,5-13H2,1-4H3,(H,17,21). The summed E-state index contributed by atoms with van der Waals surface area (Å²) in [6.45, 7) is 15.8. The van der Waals surface area contributed by atoms with Crippen molar-refractivity contribution < 1.29 is 4.79 Å². The molecule has 0 aromatic heterocycles. The lowest BCUT2D eigenvalue weighted by molar-refractivity contribution is 0.0382. The molecule has 2 aliphatic heterocycles. The number of rotatable bonds is 2. The van der Waals surface area contributed by atoms with Gasteiger partial charge in [0.1, 0.15) is 0 Å². The summed E-state index contributed by atoms with van der Waals surface area (Å²) < 4.78 is 0. The van der Waals surface area contributed by atoms with Crippen LogP contribution < -0.4 is 5.32 Å². The number of hydrogen-bond donors (Lipinski definition) is 1. The number of likely N-dealkylation sites (tertiary alicyclic amines) is 1. The van der Waals surface area contributed by atoms with Crippen LogP contribution in [0.4, 0.5) is 4.79 Å². The van der Waals surface area contributed by atoms with Gasteiger partial charge in [-0.3, -0.25) is 9.80 Å². The molecule has 1 N–H and O–H groups in total. The molecule has 0 saturated carbocycles. The molecule has 2 saturated heterocycles. The molecule has 21 heavy (non-hydrogen) atoms. The molecule has 2 amide bonds. The van der Waals surface area contributed by atoms with Crippen LogP contribution in [0.15, 0.2) is 0 Å². The summed E-state index contributed by atoms with van der Waals surface area (Å²) in [4.78, 5) is 19.0. The molecule has 122 valence electrons. The molecule has 0 bridgehead atoms. The van der Waals surface area contributed by atoms with Crippen molar-refractivity contribution in [1.29, 1.82) is 0 Å². The van der Waals surface area contributed by atoms with Crippen LogP contribution in [0.2, 0.25) is 0 Å². The van der Waals surface area contributed by atoms with Crippen LogP contribution in [0.25, 0.3) is 0 Å². The summed E-state index contributed by atoms with van der Waals surface area (Å²) in [6, 6.07) is 0.805. The van der Waals surface area contributed by atoms with E-state index in [1.807, 2.05) is 11.8 Å². The highest BCUT2D eigenvalue weighted by Crippen LogP contribution is 2.23. The predicted molar refractivity (Wildman–Crippen MR) is 86.6 cm³/mol. The number of nitrogens with zero attached hydrogens (tertiary/aromatic N) is 3. The van der Waals surface area contributed by atoms with Gasteiger partial charge < -0.3 is 10.2 Å². The van der Waals surface area contributed by atoms with Gasteiger partial charge >= 0.3 is 6.03 Å². The van der Waals surface area contributed by atoms with E-state index in [-0.39, 0.29) is 6.03 Å². The molecular formula is C16H32N4O. The lowest BCUT2D eigenvalue weighted by atomic mass is 9.96. The van der Waals surface area contributed by atoms with Crippen molar-refractivity contribution in [2.75, 3.05) is 45.8 Å². The van der Waals surface area contributed by atoms with E-state index in [2.05, 4.69) is 35.9 Å². The van der Waals surface area contributed by atoms with Crippen molar-refractivity contribution >= 4 is 6.03 Å². The van der Waals surface area contributed by atoms with Crippen LogP contribution in [0.5, 0.6) is 0 Å². The third kappa shape index (κ3) is 4.33. The second-order valence-corrected chi connectivity index (χ2v) is 7.25. The van der Waals surface area contributed by atoms with Crippen LogP contribution in [-0.2, 0) is 0 Å². The molecule has 0 aromatic carbocycles. The number of hydrogen-bond acceptors (Lipinski definition) is 3. The molecular weight excluding hydrogens is 264 g/mol. The van der Waals surface area contributed by atoms with Gasteiger partial charge in [-0.1, -0.05) is 0 Å². The highest BCUT2D eigenvalue weighted by molar-refractivity contribution is 5.74. The average Bonchev–Trinajstić information content (AvgIpc) is 2.47. The van der Waals surface area contributed by atoms with Crippen LogP contribution in [0.3, 0.4) is 0 Å². The summed E-state index contributed by atoms with van der Waals surface area (Å²) in [7, 11) is 0. The lowest BCUT2D eigenvalue weighted by Crippen LogP contribution is -2.57. The molecule has 0 aromatic rings. The molecule has 2 fully saturated rings. The largest absolute Gasteiger partial charge is 0.338 e. The summed E-state index contributed by atoms with van der Waals surface area (Å²) in [5.74, 6) is 0. The van der Waals surface area contributed by atoms with Gasteiger partial charge in [0.25, 0.3) is 0 Å². The smallest absolute Gasteiger partial charge is 0.317 e. The molecule has 2 rings (SSSR count). The Morgan fingerprint density at radius 2 is 1.62 bits per heavy atom. The Morgan fingerprint density at radius 1 is 1.05 bits per heavy atom. The molecule has 0 aliphatic carbocycles. The topological polar surface area (TPSA) is 38.8 Å². The van der Waals surface area contributed by atoms with E-state index < -0.39 is 0 Å². The summed E-state index contributed by atoms with van der Waals surface area (Å²) in [5.41, 5.74) is 0.294. The van der Waals surface area contributed by atoms with Gasteiger partial charge in [-0.25, -0.2) is 4.79 Å². The first-order valence-corrected chi connectivity index (χ1v) is 8.43. The second-order valence-electron chi connectivity index (χ2n) is 7.25. The number of carbonyl (C=O) groups is 1. The van der Waals surface area contributed by atoms with Crippen LogP contribution in [0.1, 0.15) is 40.5 Å². The van der Waals surface area contributed by atoms with E-state index in [9.17, 15) is 4.79 Å². The molecule has 0 radical (unpaired) electrons. The Labute approximate surface area is 129 Å². The molecule has 0 unspecified atom stereocenters. The Kier molecular flexibility index (Phi) is 5.49. The number of carbonyl (C=O) groups excluding carboxylic acids is 1. The van der Waals surface area contributed by atoms with E-state index in [0.717, 1.165) is 26.2 Å². The Morgan fingerprint density at radius 3 is 2.10 bits per heavy atom. The van der Waals surface area contributed by atoms with Crippen molar-refractivity contribution in [2.24, 2.45) is 0 Å². The third-order valence-electron chi connectivity index (χ3n) is 4.86. The fraction of sp³-hybridized carbons (Fsp3) is 0.938. The van der Waals surface area contributed by atoms with Crippen LogP contribution in [0, 0.1) is 0 Å². The molecule has 5 nitrogen and oxygen atoms in total. The van der Waals surface area contributed by atoms with Gasteiger partial charge in [0, 0.05) is 57.4 Å². The first kappa shape index (κ1) is 16.6. The molecule has 0 atom stereocenters. The van der Waals surface area contributed by atoms with E-state index in [0.29, 0.717) is 18.1 Å².